The van der Waals surface area contributed by atoms with Crippen molar-refractivity contribution in [2.75, 3.05) is 32.7 Å². The number of nitrogens with one attached hydrogen (secondary N) is 10. The van der Waals surface area contributed by atoms with Crippen molar-refractivity contribution in [2.24, 2.45) is 5.73 Å². The highest BCUT2D eigenvalue weighted by Gasteiger charge is 2.26. The van der Waals surface area contributed by atoms with Crippen molar-refractivity contribution in [1.29, 1.82) is 0 Å². The molecule has 3 rings (SSSR count). The molecule has 3 atom stereocenters. The van der Waals surface area contributed by atoms with E-state index in [4.69, 9.17) is 10.8 Å². The van der Waals surface area contributed by atoms with Gasteiger partial charge < -0.3 is 63.0 Å². The zero-order valence-electron chi connectivity index (χ0n) is 29.1. The van der Waals surface area contributed by atoms with Crippen molar-refractivity contribution < 1.29 is 43.5 Å². The molecule has 0 bridgehead atoms. The number of aromatic amines is 3. The number of imidazole rings is 3. The zero-order chi connectivity index (χ0) is 39.3. The number of nitrogens with two attached hydrogens (primary N) is 1. The van der Waals surface area contributed by atoms with Gasteiger partial charge in [0.1, 0.15) is 24.7 Å². The number of nitrogens with zero attached hydrogens (tertiary/aromatic N) is 3. The van der Waals surface area contributed by atoms with Gasteiger partial charge in [-0.25, -0.2) is 15.0 Å². The number of aromatic nitrogens is 6. The van der Waals surface area contributed by atoms with Crippen molar-refractivity contribution in [3.63, 3.8) is 0 Å². The number of aliphatic carboxylic acids is 1. The van der Waals surface area contributed by atoms with E-state index in [9.17, 15) is 38.4 Å². The third-order valence-corrected chi connectivity index (χ3v) is 7.43. The molecular formula is C31H44N14O9. The van der Waals surface area contributed by atoms with Crippen LogP contribution in [-0.2, 0) is 57.6 Å². The van der Waals surface area contributed by atoms with Gasteiger partial charge in [0.05, 0.1) is 25.5 Å². The molecule has 0 fully saturated rings. The SMILES string of the molecule is NCCC(=O)N[C@@H](Cc1cnc[nH]1)C(=O)NCCC(=O)N[C@@H](Cc1cnc[nH]1)C(=O)NCCC(=O)N[C@@H](Cc1cnc[nH]1)C(=O)NCC(=O)NCC(=O)O. The van der Waals surface area contributed by atoms with E-state index in [-0.39, 0.29) is 58.2 Å². The molecule has 0 spiro atoms. The molecule has 0 aromatic carbocycles. The molecular weight excluding hydrogens is 712 g/mol. The summed E-state index contributed by atoms with van der Waals surface area (Å²) in [7, 11) is 0. The van der Waals surface area contributed by atoms with Gasteiger partial charge in [0.2, 0.25) is 41.4 Å². The van der Waals surface area contributed by atoms with Crippen LogP contribution in [0.1, 0.15) is 36.3 Å². The Labute approximate surface area is 307 Å². The summed E-state index contributed by atoms with van der Waals surface area (Å²) in [6, 6.07) is -3.22. The maximum atomic E-state index is 13.2. The lowest BCUT2D eigenvalue weighted by Crippen LogP contribution is -2.51. The van der Waals surface area contributed by atoms with Gasteiger partial charge in [-0.3, -0.25) is 38.4 Å². The van der Waals surface area contributed by atoms with Gasteiger partial charge in [-0.05, 0) is 0 Å². The van der Waals surface area contributed by atoms with Gasteiger partial charge in [0, 0.05) is 93.8 Å². The number of hydrogen-bond acceptors (Lipinski definition) is 12. The van der Waals surface area contributed by atoms with Gasteiger partial charge in [-0.15, -0.1) is 0 Å². The lowest BCUT2D eigenvalue weighted by Gasteiger charge is -2.20. The first kappa shape index (κ1) is 41.8. The highest BCUT2D eigenvalue weighted by Crippen LogP contribution is 2.03. The van der Waals surface area contributed by atoms with E-state index < -0.39 is 78.5 Å². The van der Waals surface area contributed by atoms with Crippen LogP contribution >= 0.6 is 0 Å². The number of rotatable bonds is 24. The average Bonchev–Trinajstić information content (AvgIpc) is 3.94. The first-order valence-electron chi connectivity index (χ1n) is 16.7. The number of carbonyl (C=O) groups excluding carboxylic acids is 7. The molecule has 3 heterocycles. The lowest BCUT2D eigenvalue weighted by molar-refractivity contribution is -0.138. The van der Waals surface area contributed by atoms with Crippen molar-refractivity contribution in [3.8, 4) is 0 Å². The van der Waals surface area contributed by atoms with Crippen molar-refractivity contribution in [1.82, 2.24) is 67.1 Å². The molecule has 0 aliphatic heterocycles. The molecule has 23 nitrogen and oxygen atoms in total. The first-order chi connectivity index (χ1) is 25.9. The maximum absolute atomic E-state index is 13.2. The number of H-pyrrole nitrogens is 3. The van der Waals surface area contributed by atoms with E-state index >= 15 is 0 Å². The molecule has 0 saturated carbocycles. The average molecular weight is 757 g/mol. The summed E-state index contributed by atoms with van der Waals surface area (Å²) >= 11 is 0. The number of carbonyl (C=O) groups is 8. The third-order valence-electron chi connectivity index (χ3n) is 7.43. The number of hydrogen-bond donors (Lipinski definition) is 12. The molecule has 7 amide bonds. The fourth-order valence-electron chi connectivity index (χ4n) is 4.78. The van der Waals surface area contributed by atoms with E-state index in [1.807, 2.05) is 0 Å². The quantitative estimate of drug-likeness (QED) is 0.0408. The first-order valence-corrected chi connectivity index (χ1v) is 16.7. The van der Waals surface area contributed by atoms with Crippen LogP contribution in [0.25, 0.3) is 0 Å². The van der Waals surface area contributed by atoms with E-state index in [0.29, 0.717) is 17.1 Å². The van der Waals surface area contributed by atoms with E-state index in [1.54, 1.807) is 0 Å². The predicted octanol–water partition coefficient (Wildman–Crippen LogP) is -4.98. The molecule has 23 heteroatoms. The predicted molar refractivity (Wildman–Crippen MR) is 185 cm³/mol. The number of amides is 7. The van der Waals surface area contributed by atoms with Crippen LogP contribution in [0.3, 0.4) is 0 Å². The summed E-state index contributed by atoms with van der Waals surface area (Å²) in [4.78, 5) is 119. The summed E-state index contributed by atoms with van der Waals surface area (Å²) in [5, 5.41) is 26.1. The topological polar surface area (TPSA) is 353 Å². The largest absolute Gasteiger partial charge is 0.480 e. The molecule has 54 heavy (non-hydrogen) atoms. The highest BCUT2D eigenvalue weighted by molar-refractivity contribution is 5.92. The summed E-state index contributed by atoms with van der Waals surface area (Å²) in [6.07, 6.45) is 8.28. The fourth-order valence-corrected chi connectivity index (χ4v) is 4.78. The van der Waals surface area contributed by atoms with Crippen LogP contribution in [0.15, 0.2) is 37.6 Å². The molecule has 3 aromatic heterocycles. The summed E-state index contributed by atoms with van der Waals surface area (Å²) in [5.74, 6) is -5.53. The lowest BCUT2D eigenvalue weighted by atomic mass is 10.1. The summed E-state index contributed by atoms with van der Waals surface area (Å²) < 4.78 is 0. The van der Waals surface area contributed by atoms with Crippen molar-refractivity contribution >= 4 is 47.3 Å². The van der Waals surface area contributed by atoms with Crippen LogP contribution in [0.4, 0.5) is 0 Å². The second-order valence-electron chi connectivity index (χ2n) is 11.7. The monoisotopic (exact) mass is 756 g/mol. The maximum Gasteiger partial charge on any atom is 0.322 e. The zero-order valence-corrected chi connectivity index (χ0v) is 29.1. The van der Waals surface area contributed by atoms with Crippen LogP contribution in [0.5, 0.6) is 0 Å². The minimum atomic E-state index is -1.26. The van der Waals surface area contributed by atoms with E-state index in [0.717, 1.165) is 0 Å². The highest BCUT2D eigenvalue weighted by atomic mass is 16.4. The molecule has 0 radical (unpaired) electrons. The number of carboxylic acid groups (broad SMARTS) is 1. The smallest absolute Gasteiger partial charge is 0.322 e. The second-order valence-corrected chi connectivity index (χ2v) is 11.7. The molecule has 3 aromatic rings. The summed E-state index contributed by atoms with van der Waals surface area (Å²) in [5.41, 5.74) is 7.07. The Balaban J connectivity index is 1.51. The Morgan fingerprint density at radius 2 is 0.944 bits per heavy atom. The van der Waals surface area contributed by atoms with Gasteiger partial charge in [0.25, 0.3) is 0 Å². The van der Waals surface area contributed by atoms with E-state index in [1.165, 1.54) is 37.6 Å². The van der Waals surface area contributed by atoms with Gasteiger partial charge in [0.15, 0.2) is 0 Å². The van der Waals surface area contributed by atoms with Crippen molar-refractivity contribution in [2.45, 2.75) is 56.7 Å². The van der Waals surface area contributed by atoms with E-state index in [2.05, 4.69) is 67.1 Å². The van der Waals surface area contributed by atoms with Crippen LogP contribution in [-0.4, -0.2) is 133 Å². The Bertz CT molecular complexity index is 1680. The molecule has 0 saturated heterocycles. The molecule has 292 valence electrons. The Morgan fingerprint density at radius 3 is 1.30 bits per heavy atom. The molecule has 0 aliphatic carbocycles. The molecule has 13 N–H and O–H groups in total. The minimum Gasteiger partial charge on any atom is -0.480 e. The third kappa shape index (κ3) is 15.7. The molecule has 0 aliphatic rings. The Kier molecular flexibility index (Phi) is 17.3. The second kappa shape index (κ2) is 22.3. The molecule has 0 unspecified atom stereocenters. The van der Waals surface area contributed by atoms with Crippen molar-refractivity contribution in [3.05, 3.63) is 54.7 Å². The van der Waals surface area contributed by atoms with Crippen LogP contribution < -0.4 is 43.0 Å². The van der Waals surface area contributed by atoms with Crippen LogP contribution in [0, 0.1) is 0 Å². The number of carboxylic acids is 1. The standard InChI is InChI=1S/C31H44N14O9/c32-4-1-24(46)43-21(7-18-10-33-15-40-18)29(52)36-5-2-25(47)44-22(8-19-11-34-16-41-19)30(53)37-6-3-26(48)45-23(9-20-12-35-17-42-20)31(54)39-13-27(49)38-14-28(50)51/h10-12,15-17,21-23H,1-9,13-14,32H2,(H,33,40)(H,34,41)(H,35,42)(H,36,52)(H,37,53)(H,38,49)(H,39,54)(H,43,46)(H,44,47)(H,45,48)(H,50,51)/t21-,22-,23-/m0/s1. The van der Waals surface area contributed by atoms with Gasteiger partial charge in [-0.1, -0.05) is 0 Å². The van der Waals surface area contributed by atoms with Gasteiger partial charge in [-0.2, -0.15) is 0 Å². The van der Waals surface area contributed by atoms with Gasteiger partial charge >= 0.3 is 5.97 Å². The minimum absolute atomic E-state index is 0.0159. The normalized spacial score (nSPS) is 12.3. The fraction of sp³-hybridized carbons (Fsp3) is 0.452. The van der Waals surface area contributed by atoms with Crippen LogP contribution in [0.2, 0.25) is 0 Å². The Hall–Kier alpha value is -6.65. The summed E-state index contributed by atoms with van der Waals surface area (Å²) in [6.45, 7) is -1.37. The Morgan fingerprint density at radius 1 is 0.556 bits per heavy atom.